The Morgan fingerprint density at radius 1 is 0.500 bits per heavy atom. The summed E-state index contributed by atoms with van der Waals surface area (Å²) in [7, 11) is 0. The molecule has 6 rings (SSSR count). The van der Waals surface area contributed by atoms with Crippen LogP contribution in [-0.2, 0) is 0 Å². The van der Waals surface area contributed by atoms with Crippen LogP contribution in [0.3, 0.4) is 0 Å². The first-order valence-electron chi connectivity index (χ1n) is 9.58. The lowest BCUT2D eigenvalue weighted by molar-refractivity contribution is -0.595. The largest absolute Gasteiger partial charge is 0.388 e. The van der Waals surface area contributed by atoms with E-state index in [4.69, 9.17) is 9.97 Å². The number of para-hydroxylation sites is 2. The average Bonchev–Trinajstić information content (AvgIpc) is 3.44. The van der Waals surface area contributed by atoms with E-state index in [1.54, 1.807) is 22.7 Å². The smallest absolute Gasteiger partial charge is 0.194 e. The molecule has 6 aromatic rings. The predicted molar refractivity (Wildman–Crippen MR) is 121 cm³/mol. The van der Waals surface area contributed by atoms with Gasteiger partial charge in [0, 0.05) is 0 Å². The first kappa shape index (κ1) is 17.4. The first-order chi connectivity index (χ1) is 14.8. The van der Waals surface area contributed by atoms with Gasteiger partial charge >= 0.3 is 10.3 Å². The first-order valence-corrected chi connectivity index (χ1v) is 11.2. The molecule has 142 valence electrons. The molecule has 0 aliphatic heterocycles. The molecule has 6 heteroatoms. The van der Waals surface area contributed by atoms with E-state index in [1.807, 2.05) is 24.3 Å². The normalized spacial score (nSPS) is 11.3. The van der Waals surface area contributed by atoms with Crippen LogP contribution in [0.4, 0.5) is 0 Å². The van der Waals surface area contributed by atoms with E-state index in [1.165, 1.54) is 20.5 Å². The van der Waals surface area contributed by atoms with Crippen molar-refractivity contribution in [1.82, 2.24) is 9.97 Å². The lowest BCUT2D eigenvalue weighted by Crippen LogP contribution is -2.29. The number of aromatic nitrogens is 4. The van der Waals surface area contributed by atoms with Crippen molar-refractivity contribution < 1.29 is 9.13 Å². The summed E-state index contributed by atoms with van der Waals surface area (Å²) >= 11 is 3.39. The van der Waals surface area contributed by atoms with Crippen LogP contribution in [0, 0.1) is 0 Å². The Morgan fingerprint density at radius 2 is 0.900 bits per heavy atom. The number of hydrogen-bond acceptors (Lipinski definition) is 4. The van der Waals surface area contributed by atoms with Crippen molar-refractivity contribution in [3.63, 3.8) is 0 Å². The van der Waals surface area contributed by atoms with Gasteiger partial charge in [0.1, 0.15) is 0 Å². The van der Waals surface area contributed by atoms with E-state index in [-0.39, 0.29) is 0 Å². The van der Waals surface area contributed by atoms with Crippen LogP contribution in [0.2, 0.25) is 0 Å². The monoisotopic (exact) mass is 424 g/mol. The molecule has 0 N–H and O–H groups in total. The van der Waals surface area contributed by atoms with Crippen LogP contribution in [0.25, 0.3) is 41.8 Å². The zero-order valence-corrected chi connectivity index (χ0v) is 17.5. The molecule has 0 spiro atoms. The number of hydrogen-bond donors (Lipinski definition) is 0. The Morgan fingerprint density at radius 3 is 1.30 bits per heavy atom. The summed E-state index contributed by atoms with van der Waals surface area (Å²) in [4.78, 5) is 9.44. The van der Waals surface area contributed by atoms with Gasteiger partial charge < -0.3 is 0 Å². The second kappa shape index (κ2) is 7.09. The van der Waals surface area contributed by atoms with Gasteiger partial charge in [-0.3, -0.25) is 0 Å². The number of nitrogens with zero attached hydrogens (tertiary/aromatic N) is 4. The molecule has 0 saturated carbocycles. The molecule has 0 aliphatic rings. The highest BCUT2D eigenvalue weighted by Crippen LogP contribution is 2.23. The average molecular weight is 425 g/mol. The fourth-order valence-electron chi connectivity index (χ4n) is 3.43. The summed E-state index contributed by atoms with van der Waals surface area (Å²) in [5.74, 6) is 0. The Labute approximate surface area is 181 Å². The van der Waals surface area contributed by atoms with Crippen LogP contribution < -0.4 is 9.13 Å². The maximum absolute atomic E-state index is 4.72. The predicted octanol–water partition coefficient (Wildman–Crippen LogP) is 5.13. The fourth-order valence-corrected chi connectivity index (χ4v) is 5.30. The lowest BCUT2D eigenvalue weighted by atomic mass is 10.1. The molecule has 2 aromatic carbocycles. The van der Waals surface area contributed by atoms with Gasteiger partial charge in [-0.15, -0.1) is 0 Å². The van der Waals surface area contributed by atoms with Crippen molar-refractivity contribution in [1.29, 1.82) is 0 Å². The molecule has 0 atom stereocenters. The molecule has 4 heterocycles. The second-order valence-electron chi connectivity index (χ2n) is 6.92. The van der Waals surface area contributed by atoms with Crippen LogP contribution in [-0.4, -0.2) is 9.97 Å². The zero-order valence-electron chi connectivity index (χ0n) is 15.8. The molecule has 0 unspecified atom stereocenters. The molecule has 30 heavy (non-hydrogen) atoms. The van der Waals surface area contributed by atoms with E-state index in [9.17, 15) is 0 Å². The van der Waals surface area contributed by atoms with Gasteiger partial charge in [-0.2, -0.15) is 9.13 Å². The van der Waals surface area contributed by atoms with Gasteiger partial charge in [-0.25, -0.2) is 0 Å². The van der Waals surface area contributed by atoms with Gasteiger partial charge in [0.2, 0.25) is 0 Å². The highest BCUT2D eigenvalue weighted by atomic mass is 32.1. The molecule has 0 fully saturated rings. The maximum Gasteiger partial charge on any atom is 0.388 e. The van der Waals surface area contributed by atoms with Crippen molar-refractivity contribution in [3.05, 3.63) is 97.6 Å². The minimum atomic E-state index is 0.976. The lowest BCUT2D eigenvalue weighted by Gasteiger charge is -2.01. The number of thiazole rings is 2. The van der Waals surface area contributed by atoms with Crippen LogP contribution in [0.1, 0.15) is 0 Å². The Kier molecular flexibility index (Phi) is 4.11. The fraction of sp³-hybridized carbons (Fsp3) is 0. The topological polar surface area (TPSA) is 33.5 Å². The maximum atomic E-state index is 4.72. The van der Waals surface area contributed by atoms with Gasteiger partial charge in [-0.05, 0) is 92.3 Å². The Bertz CT molecular complexity index is 1300. The highest BCUT2D eigenvalue weighted by Gasteiger charge is 2.16. The van der Waals surface area contributed by atoms with E-state index < -0.39 is 0 Å². The molecule has 0 bridgehead atoms. The van der Waals surface area contributed by atoms with Gasteiger partial charge in [0.25, 0.3) is 0 Å². The SMILES string of the molecule is c1ccc2sc(-[n+]3ccc(-c4cc[n+](-c5nc6ccccc6s5)cc4)cc3)nc2c1. The molecule has 0 aliphatic carbocycles. The molecule has 4 nitrogen and oxygen atoms in total. The molecule has 0 saturated heterocycles. The number of pyridine rings is 2. The second-order valence-corrected chi connectivity index (χ2v) is 8.93. The summed E-state index contributed by atoms with van der Waals surface area (Å²) in [5.41, 5.74) is 4.42. The zero-order chi connectivity index (χ0) is 19.9. The summed E-state index contributed by atoms with van der Waals surface area (Å²) in [6.45, 7) is 0. The highest BCUT2D eigenvalue weighted by molar-refractivity contribution is 7.20. The van der Waals surface area contributed by atoms with Crippen molar-refractivity contribution >= 4 is 43.1 Å². The summed E-state index contributed by atoms with van der Waals surface area (Å²) in [6.07, 6.45) is 8.28. The Hall–Kier alpha value is -3.48. The molecule has 4 aromatic heterocycles. The number of rotatable bonds is 3. The summed E-state index contributed by atoms with van der Waals surface area (Å²) in [6, 6.07) is 25.0. The van der Waals surface area contributed by atoms with Crippen LogP contribution in [0.5, 0.6) is 0 Å². The van der Waals surface area contributed by atoms with Crippen molar-refractivity contribution in [2.45, 2.75) is 0 Å². The molecule has 0 amide bonds. The van der Waals surface area contributed by atoms with Crippen molar-refractivity contribution in [2.24, 2.45) is 0 Å². The van der Waals surface area contributed by atoms with Crippen molar-refractivity contribution in [3.8, 4) is 21.4 Å². The van der Waals surface area contributed by atoms with Gasteiger partial charge in [-0.1, -0.05) is 24.3 Å². The van der Waals surface area contributed by atoms with E-state index in [2.05, 4.69) is 82.5 Å². The Balaban J connectivity index is 1.28. The quantitative estimate of drug-likeness (QED) is 0.369. The molecule has 0 radical (unpaired) electrons. The molecular weight excluding hydrogens is 408 g/mol. The minimum Gasteiger partial charge on any atom is -0.194 e. The number of benzene rings is 2. The van der Waals surface area contributed by atoms with E-state index in [0.717, 1.165) is 21.3 Å². The van der Waals surface area contributed by atoms with E-state index in [0.29, 0.717) is 0 Å². The third kappa shape index (κ3) is 3.07. The third-order valence-electron chi connectivity index (χ3n) is 5.00. The van der Waals surface area contributed by atoms with Gasteiger partial charge in [0.15, 0.2) is 11.0 Å². The number of fused-ring (bicyclic) bond motifs is 2. The van der Waals surface area contributed by atoms with E-state index >= 15 is 0 Å². The molecular formula is C24H16N4S2+2. The van der Waals surface area contributed by atoms with Crippen LogP contribution >= 0.6 is 22.7 Å². The summed E-state index contributed by atoms with van der Waals surface area (Å²) in [5, 5.41) is 1.95. The third-order valence-corrected chi connectivity index (χ3v) is 7.10. The van der Waals surface area contributed by atoms with Crippen molar-refractivity contribution in [2.75, 3.05) is 0 Å². The van der Waals surface area contributed by atoms with Crippen LogP contribution in [0.15, 0.2) is 97.6 Å². The standard InChI is InChI=1S/C24H16N4S2/c1-3-7-21-19(5-1)25-23(29-21)27-13-9-17(10-14-27)18-11-15-28(16-12-18)24-26-20-6-2-4-8-22(20)30-24/h1-16H/q+2. The minimum absolute atomic E-state index is 0.976. The van der Waals surface area contributed by atoms with Gasteiger partial charge in [0.05, 0.1) is 34.2 Å². The summed E-state index contributed by atoms with van der Waals surface area (Å²) < 4.78 is 6.54.